The Morgan fingerprint density at radius 2 is 2.36 bits per heavy atom. The molecular formula is C9H10N2O3. The Morgan fingerprint density at radius 1 is 1.57 bits per heavy atom. The number of fused-ring (bicyclic) bond motifs is 1. The Morgan fingerprint density at radius 3 is 3.14 bits per heavy atom. The van der Waals surface area contributed by atoms with E-state index in [4.69, 9.17) is 9.94 Å². The van der Waals surface area contributed by atoms with Crippen LogP contribution >= 0.6 is 0 Å². The van der Waals surface area contributed by atoms with E-state index in [1.54, 1.807) is 5.48 Å². The molecular weight excluding hydrogens is 184 g/mol. The lowest BCUT2D eigenvalue weighted by Crippen LogP contribution is -2.44. The van der Waals surface area contributed by atoms with Gasteiger partial charge in [-0.15, -0.1) is 0 Å². The van der Waals surface area contributed by atoms with Gasteiger partial charge in [0.25, 0.3) is 5.91 Å². The van der Waals surface area contributed by atoms with Crippen LogP contribution in [-0.4, -0.2) is 23.8 Å². The van der Waals surface area contributed by atoms with Crippen molar-refractivity contribution in [1.82, 2.24) is 5.48 Å². The molecule has 1 atom stereocenters. The van der Waals surface area contributed by atoms with Crippen LogP contribution in [0.2, 0.25) is 0 Å². The zero-order chi connectivity index (χ0) is 9.97. The summed E-state index contributed by atoms with van der Waals surface area (Å²) in [7, 11) is 0. The summed E-state index contributed by atoms with van der Waals surface area (Å²) in [4.78, 5) is 11.1. The van der Waals surface area contributed by atoms with Crippen molar-refractivity contribution < 1.29 is 14.7 Å². The molecule has 1 unspecified atom stereocenters. The second-order valence-corrected chi connectivity index (χ2v) is 2.98. The zero-order valence-electron chi connectivity index (χ0n) is 7.36. The van der Waals surface area contributed by atoms with E-state index in [0.717, 1.165) is 11.4 Å². The van der Waals surface area contributed by atoms with Gasteiger partial charge in [0.1, 0.15) is 18.4 Å². The topological polar surface area (TPSA) is 70.6 Å². The number of amides is 1. The maximum atomic E-state index is 11.1. The summed E-state index contributed by atoms with van der Waals surface area (Å²) in [5, 5.41) is 11.4. The minimum absolute atomic E-state index is 0.212. The molecule has 1 amide bonds. The molecule has 1 heterocycles. The maximum absolute atomic E-state index is 11.1. The van der Waals surface area contributed by atoms with Crippen molar-refractivity contribution in [2.45, 2.75) is 6.04 Å². The maximum Gasteiger partial charge on any atom is 0.269 e. The number of carbonyl (C=O) groups is 1. The number of rotatable bonds is 1. The first-order chi connectivity index (χ1) is 6.81. The molecule has 1 aliphatic heterocycles. The van der Waals surface area contributed by atoms with Crippen LogP contribution in [0.3, 0.4) is 0 Å². The standard InChI is InChI=1S/C9H10N2O3/c12-9(11-13)7-5-14-8-4-2-1-3-6(8)10-7/h1-4,7,10,13H,5H2,(H,11,12). The molecule has 14 heavy (non-hydrogen) atoms. The first kappa shape index (κ1) is 8.83. The molecule has 0 saturated carbocycles. The minimum Gasteiger partial charge on any atom is -0.489 e. The highest BCUT2D eigenvalue weighted by Crippen LogP contribution is 2.27. The lowest BCUT2D eigenvalue weighted by molar-refractivity contribution is -0.130. The average molecular weight is 194 g/mol. The molecule has 0 spiro atoms. The largest absolute Gasteiger partial charge is 0.489 e. The molecule has 74 valence electrons. The van der Waals surface area contributed by atoms with Gasteiger partial charge in [-0.05, 0) is 12.1 Å². The molecule has 2 rings (SSSR count). The van der Waals surface area contributed by atoms with Gasteiger partial charge in [-0.1, -0.05) is 12.1 Å². The molecule has 1 aliphatic rings. The second-order valence-electron chi connectivity index (χ2n) is 2.98. The first-order valence-electron chi connectivity index (χ1n) is 4.23. The predicted octanol–water partition coefficient (Wildman–Crippen LogP) is 0.365. The number of nitrogens with one attached hydrogen (secondary N) is 2. The smallest absolute Gasteiger partial charge is 0.269 e. The van der Waals surface area contributed by atoms with Gasteiger partial charge >= 0.3 is 0 Å². The Hall–Kier alpha value is -1.75. The van der Waals surface area contributed by atoms with E-state index in [2.05, 4.69) is 5.32 Å². The molecule has 3 N–H and O–H groups in total. The fraction of sp³-hybridized carbons (Fsp3) is 0.222. The summed E-state index contributed by atoms with van der Waals surface area (Å²) in [6.07, 6.45) is 0. The summed E-state index contributed by atoms with van der Waals surface area (Å²) in [5.41, 5.74) is 2.34. The van der Waals surface area contributed by atoms with E-state index in [0.29, 0.717) is 0 Å². The van der Waals surface area contributed by atoms with Crippen molar-refractivity contribution in [2.75, 3.05) is 11.9 Å². The normalized spacial score (nSPS) is 18.8. The Balaban J connectivity index is 2.17. The summed E-state index contributed by atoms with van der Waals surface area (Å²) in [5.74, 6) is 0.217. The van der Waals surface area contributed by atoms with Gasteiger partial charge in [0.05, 0.1) is 5.69 Å². The molecule has 0 aromatic heterocycles. The molecule has 1 aromatic carbocycles. The van der Waals surface area contributed by atoms with Crippen LogP contribution in [0.4, 0.5) is 5.69 Å². The van der Waals surface area contributed by atoms with E-state index in [1.165, 1.54) is 0 Å². The number of para-hydroxylation sites is 2. The van der Waals surface area contributed by atoms with Gasteiger partial charge in [-0.2, -0.15) is 0 Å². The number of hydrogen-bond acceptors (Lipinski definition) is 4. The summed E-state index contributed by atoms with van der Waals surface area (Å²) in [6.45, 7) is 0.212. The summed E-state index contributed by atoms with van der Waals surface area (Å²) < 4.78 is 5.32. The fourth-order valence-corrected chi connectivity index (χ4v) is 1.33. The highest BCUT2D eigenvalue weighted by Gasteiger charge is 2.24. The third-order valence-electron chi connectivity index (χ3n) is 2.05. The Bertz CT molecular complexity index is 354. The van der Waals surface area contributed by atoms with Gasteiger partial charge < -0.3 is 10.1 Å². The van der Waals surface area contributed by atoms with Gasteiger partial charge in [0, 0.05) is 0 Å². The highest BCUT2D eigenvalue weighted by atomic mass is 16.5. The molecule has 0 aliphatic carbocycles. The van der Waals surface area contributed by atoms with Crippen molar-refractivity contribution in [3.8, 4) is 5.75 Å². The third kappa shape index (κ3) is 1.49. The number of benzene rings is 1. The number of hydroxylamine groups is 1. The van der Waals surface area contributed by atoms with Crippen molar-refractivity contribution in [3.05, 3.63) is 24.3 Å². The van der Waals surface area contributed by atoms with Gasteiger partial charge in [0.15, 0.2) is 0 Å². The first-order valence-corrected chi connectivity index (χ1v) is 4.23. The van der Waals surface area contributed by atoms with Crippen LogP contribution in [-0.2, 0) is 4.79 Å². The fourth-order valence-electron chi connectivity index (χ4n) is 1.33. The minimum atomic E-state index is -0.546. The number of hydrogen-bond donors (Lipinski definition) is 3. The van der Waals surface area contributed by atoms with Crippen LogP contribution in [0, 0.1) is 0 Å². The highest BCUT2D eigenvalue weighted by molar-refractivity contribution is 5.85. The number of carbonyl (C=O) groups excluding carboxylic acids is 1. The molecule has 5 heteroatoms. The number of anilines is 1. The summed E-state index contributed by atoms with van der Waals surface area (Å²) >= 11 is 0. The van der Waals surface area contributed by atoms with E-state index < -0.39 is 11.9 Å². The average Bonchev–Trinajstić information content (AvgIpc) is 2.27. The SMILES string of the molecule is O=C(NO)C1COc2ccccc2N1. The lowest BCUT2D eigenvalue weighted by Gasteiger charge is -2.25. The van der Waals surface area contributed by atoms with Crippen LogP contribution < -0.4 is 15.5 Å². The summed E-state index contributed by atoms with van der Waals surface area (Å²) in [6, 6.07) is 6.78. The van der Waals surface area contributed by atoms with E-state index in [1.807, 2.05) is 24.3 Å². The molecule has 0 fully saturated rings. The van der Waals surface area contributed by atoms with Crippen molar-refractivity contribution in [2.24, 2.45) is 0 Å². The molecule has 5 nitrogen and oxygen atoms in total. The predicted molar refractivity (Wildman–Crippen MR) is 49.3 cm³/mol. The van der Waals surface area contributed by atoms with Crippen molar-refractivity contribution >= 4 is 11.6 Å². The van der Waals surface area contributed by atoms with Crippen LogP contribution in [0.25, 0.3) is 0 Å². The van der Waals surface area contributed by atoms with E-state index >= 15 is 0 Å². The van der Waals surface area contributed by atoms with E-state index in [-0.39, 0.29) is 6.61 Å². The quantitative estimate of drug-likeness (QED) is 0.446. The monoisotopic (exact) mass is 194 g/mol. The van der Waals surface area contributed by atoms with Crippen LogP contribution in [0.1, 0.15) is 0 Å². The van der Waals surface area contributed by atoms with Gasteiger partial charge in [-0.3, -0.25) is 10.0 Å². The van der Waals surface area contributed by atoms with Crippen LogP contribution in [0.5, 0.6) is 5.75 Å². The lowest BCUT2D eigenvalue weighted by atomic mass is 10.2. The van der Waals surface area contributed by atoms with Crippen LogP contribution in [0.15, 0.2) is 24.3 Å². The van der Waals surface area contributed by atoms with Crippen molar-refractivity contribution in [3.63, 3.8) is 0 Å². The molecule has 0 bridgehead atoms. The van der Waals surface area contributed by atoms with Crippen molar-refractivity contribution in [1.29, 1.82) is 0 Å². The Labute approximate surface area is 80.6 Å². The zero-order valence-corrected chi connectivity index (χ0v) is 7.36. The van der Waals surface area contributed by atoms with Gasteiger partial charge in [-0.25, -0.2) is 5.48 Å². The van der Waals surface area contributed by atoms with Gasteiger partial charge in [0.2, 0.25) is 0 Å². The molecule has 1 aromatic rings. The van der Waals surface area contributed by atoms with E-state index in [9.17, 15) is 4.79 Å². The molecule has 0 saturated heterocycles. The number of ether oxygens (including phenoxy) is 1. The second kappa shape index (κ2) is 3.55. The Kier molecular flexibility index (Phi) is 2.24. The molecule has 0 radical (unpaired) electrons. The third-order valence-corrected chi connectivity index (χ3v) is 2.05.